The van der Waals surface area contributed by atoms with E-state index in [9.17, 15) is 14.4 Å². The Morgan fingerprint density at radius 2 is 1.90 bits per heavy atom. The molecule has 0 spiro atoms. The number of methoxy groups -OCH3 is 1. The van der Waals surface area contributed by atoms with E-state index in [1.54, 1.807) is 13.1 Å². The van der Waals surface area contributed by atoms with Gasteiger partial charge in [0.05, 0.1) is 25.6 Å². The molecule has 1 atom stereocenters. The fourth-order valence-electron chi connectivity index (χ4n) is 3.35. The summed E-state index contributed by atoms with van der Waals surface area (Å²) in [6.45, 7) is 1.90. The maximum Gasteiger partial charge on any atom is 0.363 e. The number of carbonyl (C=O) groups excluding carboxylic acids is 3. The molecule has 1 fully saturated rings. The van der Waals surface area contributed by atoms with Crippen molar-refractivity contribution in [3.8, 4) is 11.4 Å². The van der Waals surface area contributed by atoms with Crippen LogP contribution in [-0.4, -0.2) is 65.4 Å². The first-order chi connectivity index (χ1) is 14.5. The van der Waals surface area contributed by atoms with Gasteiger partial charge < -0.3 is 19.1 Å². The topological polar surface area (TPSA) is 100.0 Å². The van der Waals surface area contributed by atoms with Gasteiger partial charge in [-0.25, -0.2) is 14.3 Å². The van der Waals surface area contributed by atoms with Gasteiger partial charge in [0.2, 0.25) is 5.69 Å². The molecule has 0 bridgehead atoms. The standard InChI is InChI=1S/C21H25N3O6/c1-3-29-20(26)16-11-7-8-12-23(16)18(25)14-30-21(27)19-17(28-2)13-24(22-19)15-9-5-4-6-10-15/h4-6,9-10,13,16H,3,7-8,11-12,14H2,1-2H3. The minimum Gasteiger partial charge on any atom is -0.493 e. The van der Waals surface area contributed by atoms with Gasteiger partial charge in [0.1, 0.15) is 6.04 Å². The van der Waals surface area contributed by atoms with Crippen molar-refractivity contribution in [3.05, 3.63) is 42.2 Å². The Kier molecular flexibility index (Phi) is 7.05. The Labute approximate surface area is 174 Å². The second-order valence-corrected chi connectivity index (χ2v) is 6.75. The molecule has 0 radical (unpaired) electrons. The van der Waals surface area contributed by atoms with Gasteiger partial charge in [-0.3, -0.25) is 4.79 Å². The summed E-state index contributed by atoms with van der Waals surface area (Å²) in [6, 6.07) is 8.58. The summed E-state index contributed by atoms with van der Waals surface area (Å²) in [6.07, 6.45) is 3.72. The predicted octanol–water partition coefficient (Wildman–Crippen LogP) is 1.98. The number of likely N-dealkylation sites (tertiary alicyclic amines) is 1. The maximum atomic E-state index is 12.6. The number of carbonyl (C=O) groups is 3. The number of ether oxygens (including phenoxy) is 3. The van der Waals surface area contributed by atoms with Crippen LogP contribution in [0.5, 0.6) is 5.75 Å². The molecule has 1 unspecified atom stereocenters. The van der Waals surface area contributed by atoms with Gasteiger partial charge in [-0.2, -0.15) is 5.10 Å². The van der Waals surface area contributed by atoms with Crippen molar-refractivity contribution in [2.45, 2.75) is 32.2 Å². The predicted molar refractivity (Wildman–Crippen MR) is 106 cm³/mol. The van der Waals surface area contributed by atoms with E-state index in [-0.39, 0.29) is 18.1 Å². The van der Waals surface area contributed by atoms with E-state index in [2.05, 4.69) is 5.10 Å². The number of rotatable bonds is 7. The van der Waals surface area contributed by atoms with E-state index >= 15 is 0 Å². The molecule has 160 valence electrons. The van der Waals surface area contributed by atoms with E-state index in [0.717, 1.165) is 18.5 Å². The Balaban J connectivity index is 1.67. The molecule has 1 aliphatic rings. The van der Waals surface area contributed by atoms with E-state index in [1.165, 1.54) is 16.7 Å². The largest absolute Gasteiger partial charge is 0.493 e. The molecule has 9 nitrogen and oxygen atoms in total. The van der Waals surface area contributed by atoms with Crippen molar-refractivity contribution >= 4 is 17.8 Å². The number of aromatic nitrogens is 2. The minimum atomic E-state index is -0.778. The van der Waals surface area contributed by atoms with Crippen molar-refractivity contribution < 1.29 is 28.6 Å². The number of hydrogen-bond acceptors (Lipinski definition) is 7. The van der Waals surface area contributed by atoms with Crippen molar-refractivity contribution in [2.75, 3.05) is 26.9 Å². The highest BCUT2D eigenvalue weighted by atomic mass is 16.5. The van der Waals surface area contributed by atoms with E-state index in [4.69, 9.17) is 14.2 Å². The van der Waals surface area contributed by atoms with E-state index < -0.39 is 30.5 Å². The first-order valence-corrected chi connectivity index (χ1v) is 9.87. The number of piperidine rings is 1. The third-order valence-electron chi connectivity index (χ3n) is 4.82. The van der Waals surface area contributed by atoms with Crippen LogP contribution in [0.15, 0.2) is 36.5 Å². The SMILES string of the molecule is CCOC(=O)C1CCCCN1C(=O)COC(=O)c1nn(-c2ccccc2)cc1OC. The van der Waals surface area contributed by atoms with E-state index in [1.807, 2.05) is 30.3 Å². The number of benzene rings is 1. The van der Waals surface area contributed by atoms with Crippen LogP contribution in [0.25, 0.3) is 5.69 Å². The number of amides is 1. The molecule has 30 heavy (non-hydrogen) atoms. The van der Waals surface area contributed by atoms with Crippen LogP contribution in [0.4, 0.5) is 0 Å². The molecule has 9 heteroatoms. The zero-order chi connectivity index (χ0) is 21.5. The van der Waals surface area contributed by atoms with Crippen molar-refractivity contribution in [2.24, 2.45) is 0 Å². The first kappa shape index (κ1) is 21.4. The Bertz CT molecular complexity index is 895. The Morgan fingerprint density at radius 1 is 1.13 bits per heavy atom. The molecule has 2 aromatic rings. The van der Waals surface area contributed by atoms with Crippen LogP contribution >= 0.6 is 0 Å². The molecule has 0 N–H and O–H groups in total. The van der Waals surface area contributed by atoms with Gasteiger partial charge >= 0.3 is 11.9 Å². The van der Waals surface area contributed by atoms with Gasteiger partial charge in [0, 0.05) is 6.54 Å². The molecule has 1 aromatic carbocycles. The van der Waals surface area contributed by atoms with Gasteiger partial charge in [-0.1, -0.05) is 18.2 Å². The van der Waals surface area contributed by atoms with Gasteiger partial charge in [-0.05, 0) is 38.3 Å². The smallest absolute Gasteiger partial charge is 0.363 e. The molecular weight excluding hydrogens is 390 g/mol. The molecule has 1 aromatic heterocycles. The normalized spacial score (nSPS) is 16.1. The summed E-state index contributed by atoms with van der Waals surface area (Å²) in [4.78, 5) is 38.7. The van der Waals surface area contributed by atoms with Crippen LogP contribution in [0.2, 0.25) is 0 Å². The molecule has 0 aliphatic carbocycles. The lowest BCUT2D eigenvalue weighted by atomic mass is 10.0. The molecule has 1 amide bonds. The van der Waals surface area contributed by atoms with Crippen LogP contribution in [0.3, 0.4) is 0 Å². The van der Waals surface area contributed by atoms with Crippen LogP contribution in [0.1, 0.15) is 36.7 Å². The third-order valence-corrected chi connectivity index (χ3v) is 4.82. The molecule has 1 aliphatic heterocycles. The zero-order valence-corrected chi connectivity index (χ0v) is 17.1. The number of hydrogen-bond donors (Lipinski definition) is 0. The lowest BCUT2D eigenvalue weighted by molar-refractivity contribution is -0.157. The highest BCUT2D eigenvalue weighted by Crippen LogP contribution is 2.21. The Hall–Kier alpha value is -3.36. The van der Waals surface area contributed by atoms with Gasteiger partial charge in [0.25, 0.3) is 5.91 Å². The number of para-hydroxylation sites is 1. The minimum absolute atomic E-state index is 0.0326. The zero-order valence-electron chi connectivity index (χ0n) is 17.1. The summed E-state index contributed by atoms with van der Waals surface area (Å²) < 4.78 is 17.0. The lowest BCUT2D eigenvalue weighted by Crippen LogP contribution is -2.50. The first-order valence-electron chi connectivity index (χ1n) is 9.87. The second kappa shape index (κ2) is 9.91. The summed E-state index contributed by atoms with van der Waals surface area (Å²) >= 11 is 0. The molecule has 1 saturated heterocycles. The average molecular weight is 415 g/mol. The second-order valence-electron chi connectivity index (χ2n) is 6.75. The fourth-order valence-corrected chi connectivity index (χ4v) is 3.35. The average Bonchev–Trinajstić information content (AvgIpc) is 3.22. The highest BCUT2D eigenvalue weighted by Gasteiger charge is 2.33. The highest BCUT2D eigenvalue weighted by molar-refractivity contribution is 5.92. The monoisotopic (exact) mass is 415 g/mol. The van der Waals surface area contributed by atoms with Crippen molar-refractivity contribution in [1.82, 2.24) is 14.7 Å². The van der Waals surface area contributed by atoms with Gasteiger partial charge in [-0.15, -0.1) is 0 Å². The lowest BCUT2D eigenvalue weighted by Gasteiger charge is -2.33. The summed E-state index contributed by atoms with van der Waals surface area (Å²) in [5.41, 5.74) is 0.714. The third kappa shape index (κ3) is 4.79. The van der Waals surface area contributed by atoms with Crippen LogP contribution in [0, 0.1) is 0 Å². The maximum absolute atomic E-state index is 12.6. The molecular formula is C21H25N3O6. The number of nitrogens with zero attached hydrogens (tertiary/aromatic N) is 3. The van der Waals surface area contributed by atoms with Gasteiger partial charge in [0.15, 0.2) is 12.4 Å². The van der Waals surface area contributed by atoms with Crippen LogP contribution in [-0.2, 0) is 19.1 Å². The summed E-state index contributed by atoms with van der Waals surface area (Å²) in [5, 5.41) is 4.23. The molecule has 0 saturated carbocycles. The van der Waals surface area contributed by atoms with Crippen molar-refractivity contribution in [3.63, 3.8) is 0 Å². The van der Waals surface area contributed by atoms with E-state index in [0.29, 0.717) is 13.0 Å². The summed E-state index contributed by atoms with van der Waals surface area (Å²) in [5.74, 6) is -1.42. The van der Waals surface area contributed by atoms with Crippen molar-refractivity contribution in [1.29, 1.82) is 0 Å². The fraction of sp³-hybridized carbons (Fsp3) is 0.429. The molecule has 2 heterocycles. The van der Waals surface area contributed by atoms with Crippen LogP contribution < -0.4 is 4.74 Å². The quantitative estimate of drug-likeness (QED) is 0.638. The Morgan fingerprint density at radius 3 is 2.60 bits per heavy atom. The molecule has 3 rings (SSSR count). The number of esters is 2. The summed E-state index contributed by atoms with van der Waals surface area (Å²) in [7, 11) is 1.42.